The van der Waals surface area contributed by atoms with Crippen molar-refractivity contribution in [1.82, 2.24) is 0 Å². The van der Waals surface area contributed by atoms with Crippen LogP contribution in [0.1, 0.15) is 20.8 Å². The Morgan fingerprint density at radius 2 is 2.07 bits per heavy atom. The first kappa shape index (κ1) is 17.7. The summed E-state index contributed by atoms with van der Waals surface area (Å²) in [5.74, 6) is 1.57. The quantitative estimate of drug-likeness (QED) is 0.633. The van der Waals surface area contributed by atoms with Gasteiger partial charge in [0.25, 0.3) is 0 Å². The molecule has 0 saturated heterocycles. The molecule has 0 fully saturated rings. The van der Waals surface area contributed by atoms with Crippen LogP contribution in [-0.2, 0) is 0 Å². The number of nitriles is 1. The van der Waals surface area contributed by atoms with Crippen LogP contribution in [0.15, 0.2) is 42.5 Å². The summed E-state index contributed by atoms with van der Waals surface area (Å²) < 4.78 is 15.8. The third kappa shape index (κ3) is 3.08. The van der Waals surface area contributed by atoms with E-state index in [9.17, 15) is 10.1 Å². The molecule has 2 aromatic carbocycles. The highest BCUT2D eigenvalue weighted by Crippen LogP contribution is 2.40. The number of carbonyl (C=O) groups is 1. The van der Waals surface area contributed by atoms with Gasteiger partial charge in [0.05, 0.1) is 12.8 Å². The summed E-state index contributed by atoms with van der Waals surface area (Å²) in [5, 5.41) is 13.2. The van der Waals surface area contributed by atoms with Crippen molar-refractivity contribution in [3.05, 3.63) is 58.5 Å². The molecule has 8 heteroatoms. The van der Waals surface area contributed by atoms with E-state index in [0.29, 0.717) is 38.4 Å². The van der Waals surface area contributed by atoms with Crippen LogP contribution < -0.4 is 25.3 Å². The normalized spacial score (nSPS) is 11.7. The minimum atomic E-state index is -0.267. The molecule has 2 heterocycles. The molecule has 4 rings (SSSR count). The molecular weight excluding hydrogens is 378 g/mol. The van der Waals surface area contributed by atoms with Crippen molar-refractivity contribution < 1.29 is 19.0 Å². The lowest BCUT2D eigenvalue weighted by atomic mass is 10.1. The molecule has 28 heavy (non-hydrogen) atoms. The second-order valence-electron chi connectivity index (χ2n) is 5.91. The maximum Gasteiger partial charge on any atom is 0.231 e. The monoisotopic (exact) mass is 393 g/mol. The Kier molecular flexibility index (Phi) is 4.51. The van der Waals surface area contributed by atoms with Gasteiger partial charge in [0.2, 0.25) is 12.6 Å². The molecule has 7 nitrogen and oxygen atoms in total. The number of rotatable bonds is 5. The molecule has 0 bridgehead atoms. The number of fused-ring (bicyclic) bond motifs is 1. The second kappa shape index (κ2) is 7.13. The molecule has 3 N–H and O–H groups in total. The van der Waals surface area contributed by atoms with Gasteiger partial charge in [-0.3, -0.25) is 4.79 Å². The van der Waals surface area contributed by atoms with E-state index in [-0.39, 0.29) is 23.8 Å². The summed E-state index contributed by atoms with van der Waals surface area (Å²) in [4.78, 5) is 13.2. The second-order valence-corrected chi connectivity index (χ2v) is 6.94. The summed E-state index contributed by atoms with van der Waals surface area (Å²) >= 11 is 1.13. The molecule has 0 atom stereocenters. The van der Waals surface area contributed by atoms with Gasteiger partial charge in [0.1, 0.15) is 27.3 Å². The zero-order valence-corrected chi connectivity index (χ0v) is 15.6. The Hall–Kier alpha value is -3.70. The van der Waals surface area contributed by atoms with E-state index < -0.39 is 0 Å². The third-order valence-corrected chi connectivity index (χ3v) is 5.35. The van der Waals surface area contributed by atoms with Crippen molar-refractivity contribution in [2.75, 3.05) is 25.0 Å². The number of thiophene rings is 1. The number of nitrogens with one attached hydrogen (secondary N) is 1. The number of nitrogens with zero attached hydrogens (tertiary/aromatic N) is 1. The average Bonchev–Trinajstić information content (AvgIpc) is 3.31. The number of benzene rings is 2. The number of anilines is 3. The van der Waals surface area contributed by atoms with Crippen LogP contribution in [0.3, 0.4) is 0 Å². The molecule has 0 aliphatic carbocycles. The predicted molar refractivity (Wildman–Crippen MR) is 106 cm³/mol. The van der Waals surface area contributed by atoms with E-state index in [1.165, 1.54) is 7.11 Å². The van der Waals surface area contributed by atoms with Gasteiger partial charge in [0, 0.05) is 17.3 Å². The van der Waals surface area contributed by atoms with Gasteiger partial charge >= 0.3 is 0 Å². The van der Waals surface area contributed by atoms with E-state index in [0.717, 1.165) is 11.3 Å². The third-order valence-electron chi connectivity index (χ3n) is 4.23. The minimum absolute atomic E-state index is 0.156. The van der Waals surface area contributed by atoms with Crippen molar-refractivity contribution in [1.29, 1.82) is 5.26 Å². The standard InChI is InChI=1S/C20H15N3O4S/c1-25-13-4-2-3-11(7-13)18(24)19-17(22)14(9-21)20(28-19)23-12-5-6-15-16(8-12)27-10-26-15/h2-8,23H,10,22H2,1H3. The number of ether oxygens (including phenoxy) is 3. The van der Waals surface area contributed by atoms with Gasteiger partial charge in [-0.15, -0.1) is 11.3 Å². The number of ketones is 1. The molecule has 0 unspecified atom stereocenters. The molecule has 0 amide bonds. The minimum Gasteiger partial charge on any atom is -0.497 e. The lowest BCUT2D eigenvalue weighted by molar-refractivity contribution is 0.104. The van der Waals surface area contributed by atoms with E-state index in [2.05, 4.69) is 11.4 Å². The molecule has 3 aromatic rings. The van der Waals surface area contributed by atoms with Crippen molar-refractivity contribution >= 4 is 33.5 Å². The molecule has 1 aliphatic heterocycles. The summed E-state index contributed by atoms with van der Waals surface area (Å²) in [6, 6.07) is 14.2. The van der Waals surface area contributed by atoms with Crippen LogP contribution in [-0.4, -0.2) is 19.7 Å². The van der Waals surface area contributed by atoms with Gasteiger partial charge < -0.3 is 25.3 Å². The first-order valence-corrected chi connectivity index (χ1v) is 9.10. The molecule has 0 radical (unpaired) electrons. The Morgan fingerprint density at radius 3 is 2.86 bits per heavy atom. The number of hydrogen-bond acceptors (Lipinski definition) is 8. The molecule has 0 spiro atoms. The molecular formula is C20H15N3O4S. The lowest BCUT2D eigenvalue weighted by Crippen LogP contribution is -2.03. The number of carbonyl (C=O) groups excluding carboxylic acids is 1. The van der Waals surface area contributed by atoms with Crippen LogP contribution in [0.25, 0.3) is 0 Å². The Morgan fingerprint density at radius 1 is 1.25 bits per heavy atom. The highest BCUT2D eigenvalue weighted by molar-refractivity contribution is 7.19. The van der Waals surface area contributed by atoms with Crippen LogP contribution in [0.4, 0.5) is 16.4 Å². The van der Waals surface area contributed by atoms with Crippen LogP contribution >= 0.6 is 11.3 Å². The smallest absolute Gasteiger partial charge is 0.231 e. The van der Waals surface area contributed by atoms with Crippen molar-refractivity contribution in [2.24, 2.45) is 0 Å². The zero-order valence-electron chi connectivity index (χ0n) is 14.8. The average molecular weight is 393 g/mol. The molecule has 1 aromatic heterocycles. The zero-order chi connectivity index (χ0) is 19.7. The largest absolute Gasteiger partial charge is 0.497 e. The summed E-state index contributed by atoms with van der Waals surface area (Å²) in [6.45, 7) is 0.174. The molecule has 140 valence electrons. The fourth-order valence-corrected chi connectivity index (χ4v) is 3.87. The van der Waals surface area contributed by atoms with E-state index in [1.54, 1.807) is 42.5 Å². The number of nitrogen functional groups attached to an aromatic ring is 1. The van der Waals surface area contributed by atoms with Gasteiger partial charge in [-0.25, -0.2) is 0 Å². The summed E-state index contributed by atoms with van der Waals surface area (Å²) in [5.41, 5.74) is 7.64. The van der Waals surface area contributed by atoms with Gasteiger partial charge in [0.15, 0.2) is 11.5 Å². The van der Waals surface area contributed by atoms with E-state index >= 15 is 0 Å². The van der Waals surface area contributed by atoms with Crippen LogP contribution in [0, 0.1) is 11.3 Å². The maximum atomic E-state index is 12.9. The summed E-state index contributed by atoms with van der Waals surface area (Å²) in [7, 11) is 1.53. The Balaban J connectivity index is 1.68. The van der Waals surface area contributed by atoms with E-state index in [4.69, 9.17) is 19.9 Å². The van der Waals surface area contributed by atoms with Crippen molar-refractivity contribution in [3.8, 4) is 23.3 Å². The maximum absolute atomic E-state index is 12.9. The van der Waals surface area contributed by atoms with Crippen molar-refractivity contribution in [3.63, 3.8) is 0 Å². The molecule has 1 aliphatic rings. The fourth-order valence-electron chi connectivity index (χ4n) is 2.81. The Labute approximate surface area is 164 Å². The Bertz CT molecular complexity index is 1120. The SMILES string of the molecule is COc1cccc(C(=O)c2sc(Nc3ccc4c(c3)OCO4)c(C#N)c2N)c1. The number of nitrogens with two attached hydrogens (primary N) is 1. The molecule has 0 saturated carbocycles. The fraction of sp³-hybridized carbons (Fsp3) is 0.100. The highest BCUT2D eigenvalue weighted by atomic mass is 32.1. The first-order valence-electron chi connectivity index (χ1n) is 8.28. The van der Waals surface area contributed by atoms with E-state index in [1.807, 2.05) is 0 Å². The lowest BCUT2D eigenvalue weighted by Gasteiger charge is -2.05. The van der Waals surface area contributed by atoms with Gasteiger partial charge in [-0.05, 0) is 24.3 Å². The number of methoxy groups -OCH3 is 1. The predicted octanol–water partition coefficient (Wildman–Crippen LogP) is 3.91. The van der Waals surface area contributed by atoms with Crippen molar-refractivity contribution in [2.45, 2.75) is 0 Å². The number of hydrogen-bond donors (Lipinski definition) is 2. The van der Waals surface area contributed by atoms with Gasteiger partial charge in [-0.2, -0.15) is 5.26 Å². The highest BCUT2D eigenvalue weighted by Gasteiger charge is 2.23. The van der Waals surface area contributed by atoms with Crippen LogP contribution in [0.5, 0.6) is 17.2 Å². The topological polar surface area (TPSA) is 107 Å². The first-order chi connectivity index (χ1) is 13.6. The summed E-state index contributed by atoms with van der Waals surface area (Å²) in [6.07, 6.45) is 0. The van der Waals surface area contributed by atoms with Crippen LogP contribution in [0.2, 0.25) is 0 Å². The van der Waals surface area contributed by atoms with Gasteiger partial charge in [-0.1, -0.05) is 12.1 Å².